The molecule has 7 rings (SSSR count). The van der Waals surface area contributed by atoms with E-state index in [4.69, 9.17) is 0 Å². The largest absolute Gasteiger partial charge is 0.388 e. The Labute approximate surface area is 282 Å². The number of pyridine rings is 1. The van der Waals surface area contributed by atoms with Crippen LogP contribution in [0, 0.1) is 12.8 Å². The molecule has 48 heavy (non-hydrogen) atoms. The Kier molecular flexibility index (Phi) is 8.69. The number of aryl methyl sites for hydroxylation is 2. The molecule has 11 nitrogen and oxygen atoms in total. The van der Waals surface area contributed by atoms with Gasteiger partial charge in [-0.05, 0) is 56.9 Å². The highest BCUT2D eigenvalue weighted by molar-refractivity contribution is 7.17. The van der Waals surface area contributed by atoms with Crippen molar-refractivity contribution in [2.45, 2.75) is 57.7 Å². The summed E-state index contributed by atoms with van der Waals surface area (Å²) in [5.41, 5.74) is 1.99. The number of benzene rings is 1. The second kappa shape index (κ2) is 13.1. The van der Waals surface area contributed by atoms with Gasteiger partial charge in [0.25, 0.3) is 11.5 Å². The van der Waals surface area contributed by atoms with Gasteiger partial charge in [-0.3, -0.25) is 23.9 Å². The van der Waals surface area contributed by atoms with E-state index in [9.17, 15) is 19.5 Å². The molecule has 2 aliphatic rings. The Morgan fingerprint density at radius 3 is 2.48 bits per heavy atom. The number of carbonyl (C=O) groups is 2. The van der Waals surface area contributed by atoms with Gasteiger partial charge in [0.05, 0.1) is 23.2 Å². The molecule has 2 aliphatic heterocycles. The van der Waals surface area contributed by atoms with E-state index in [2.05, 4.69) is 15.0 Å². The van der Waals surface area contributed by atoms with Crippen molar-refractivity contribution in [2.75, 3.05) is 26.2 Å². The standard InChI is InChI=1S/C36H39N7O4S/c1-3-40-17-12-28-31(40)38-23-43(34(28)45)22-36(47)13-19-41(20-14-36)33(44)27-11-18-42(21-29(27)25-7-5-4-6-8-25)35(46)30-24(2)39-32(48-30)26-9-15-37-16-10-26/h4-10,12,15-17,23,27,29,47H,3,11,13-14,18-22H2,1-2H3/t27-,29+/m1/s1. The first-order valence-electron chi connectivity index (χ1n) is 16.5. The zero-order valence-electron chi connectivity index (χ0n) is 27.2. The zero-order chi connectivity index (χ0) is 33.4. The monoisotopic (exact) mass is 665 g/mol. The lowest BCUT2D eigenvalue weighted by molar-refractivity contribution is -0.142. The van der Waals surface area contributed by atoms with Gasteiger partial charge in [-0.15, -0.1) is 11.3 Å². The minimum absolute atomic E-state index is 0.0492. The van der Waals surface area contributed by atoms with Crippen LogP contribution in [0.1, 0.15) is 53.0 Å². The summed E-state index contributed by atoms with van der Waals surface area (Å²) >= 11 is 1.39. The molecule has 12 heteroatoms. The number of aromatic nitrogens is 5. The van der Waals surface area contributed by atoms with Crippen LogP contribution in [-0.2, 0) is 17.9 Å². The first-order valence-corrected chi connectivity index (χ1v) is 17.3. The van der Waals surface area contributed by atoms with Gasteiger partial charge in [-0.2, -0.15) is 0 Å². The average molecular weight is 666 g/mol. The van der Waals surface area contributed by atoms with Crippen LogP contribution in [0.25, 0.3) is 21.6 Å². The fourth-order valence-electron chi connectivity index (χ4n) is 7.15. The number of piperidine rings is 2. The molecule has 0 bridgehead atoms. The van der Waals surface area contributed by atoms with Gasteiger partial charge in [0.1, 0.15) is 21.9 Å². The van der Waals surface area contributed by atoms with E-state index in [1.165, 1.54) is 22.2 Å². The highest BCUT2D eigenvalue weighted by atomic mass is 32.1. The number of hydrogen-bond acceptors (Lipinski definition) is 8. The van der Waals surface area contributed by atoms with Crippen LogP contribution in [0.3, 0.4) is 0 Å². The zero-order valence-corrected chi connectivity index (χ0v) is 28.0. The van der Waals surface area contributed by atoms with Crippen molar-refractivity contribution < 1.29 is 14.7 Å². The fraction of sp³-hybridized carbons (Fsp3) is 0.389. The lowest BCUT2D eigenvalue weighted by atomic mass is 9.79. The first kappa shape index (κ1) is 31.9. The summed E-state index contributed by atoms with van der Waals surface area (Å²) in [5, 5.41) is 12.8. The molecule has 248 valence electrons. The third-order valence-electron chi connectivity index (χ3n) is 9.92. The maximum absolute atomic E-state index is 14.2. The molecule has 0 radical (unpaired) electrons. The summed E-state index contributed by atoms with van der Waals surface area (Å²) in [5.74, 6) is -0.478. The number of nitrogens with zero attached hydrogens (tertiary/aromatic N) is 7. The van der Waals surface area contributed by atoms with Crippen LogP contribution in [0.15, 0.2) is 78.2 Å². The van der Waals surface area contributed by atoms with Crippen LogP contribution >= 0.6 is 11.3 Å². The van der Waals surface area contributed by atoms with Gasteiger partial charge < -0.3 is 19.5 Å². The average Bonchev–Trinajstić information content (AvgIpc) is 3.73. The van der Waals surface area contributed by atoms with Crippen molar-refractivity contribution in [3.63, 3.8) is 0 Å². The number of thiazole rings is 1. The highest BCUT2D eigenvalue weighted by Crippen LogP contribution is 2.37. The summed E-state index contributed by atoms with van der Waals surface area (Å²) in [6.07, 6.45) is 8.05. The van der Waals surface area contributed by atoms with Gasteiger partial charge in [-0.25, -0.2) is 9.97 Å². The number of carbonyl (C=O) groups excluding carboxylic acids is 2. The molecule has 2 atom stereocenters. The van der Waals surface area contributed by atoms with Gasteiger partial charge >= 0.3 is 0 Å². The molecule has 1 N–H and O–H groups in total. The van der Waals surface area contributed by atoms with Crippen LogP contribution in [-0.4, -0.2) is 82.6 Å². The molecule has 2 amide bonds. The molecule has 0 unspecified atom stereocenters. The number of amides is 2. The van der Waals surface area contributed by atoms with E-state index in [0.717, 1.165) is 16.1 Å². The van der Waals surface area contributed by atoms with Crippen LogP contribution < -0.4 is 5.56 Å². The van der Waals surface area contributed by atoms with E-state index < -0.39 is 5.60 Å². The highest BCUT2D eigenvalue weighted by Gasteiger charge is 2.42. The Morgan fingerprint density at radius 2 is 1.75 bits per heavy atom. The number of rotatable bonds is 7. The Balaban J connectivity index is 1.05. The predicted molar refractivity (Wildman–Crippen MR) is 184 cm³/mol. The molecular weight excluding hydrogens is 627 g/mol. The third-order valence-corrected chi connectivity index (χ3v) is 11.1. The van der Waals surface area contributed by atoms with E-state index in [1.807, 2.05) is 76.9 Å². The minimum Gasteiger partial charge on any atom is -0.388 e. The molecule has 1 aromatic carbocycles. The maximum atomic E-state index is 14.2. The lowest BCUT2D eigenvalue weighted by Gasteiger charge is -2.43. The molecule has 0 aliphatic carbocycles. The van der Waals surface area contributed by atoms with Crippen LogP contribution in [0.2, 0.25) is 0 Å². The first-order chi connectivity index (χ1) is 23.2. The number of likely N-dealkylation sites (tertiary alicyclic amines) is 2. The smallest absolute Gasteiger partial charge is 0.265 e. The molecule has 6 heterocycles. The topological polar surface area (TPSA) is 126 Å². The van der Waals surface area contributed by atoms with E-state index in [0.29, 0.717) is 73.6 Å². The molecule has 5 aromatic rings. The van der Waals surface area contributed by atoms with Crippen molar-refractivity contribution in [1.82, 2.24) is 33.9 Å². The molecule has 0 spiro atoms. The van der Waals surface area contributed by atoms with Gasteiger partial charge in [-0.1, -0.05) is 30.3 Å². The van der Waals surface area contributed by atoms with Crippen molar-refractivity contribution in [2.24, 2.45) is 5.92 Å². The number of fused-ring (bicyclic) bond motifs is 1. The normalized spacial score (nSPS) is 19.5. The van der Waals surface area contributed by atoms with Crippen molar-refractivity contribution in [1.29, 1.82) is 0 Å². The number of aliphatic hydroxyl groups is 1. The summed E-state index contributed by atoms with van der Waals surface area (Å²) in [7, 11) is 0. The SMILES string of the molecule is CCn1ccc2c(=O)n(CC3(O)CCN(C(=O)[C@@H]4CCN(C(=O)c5sc(-c6ccncc6)nc5C)C[C@H]4c4ccccc4)CC3)cnc21. The molecule has 0 saturated carbocycles. The van der Waals surface area contributed by atoms with Gasteiger partial charge in [0, 0.05) is 68.7 Å². The van der Waals surface area contributed by atoms with Crippen molar-refractivity contribution in [3.05, 3.63) is 99.9 Å². The van der Waals surface area contributed by atoms with Crippen molar-refractivity contribution >= 4 is 34.2 Å². The minimum atomic E-state index is -1.13. The summed E-state index contributed by atoms with van der Waals surface area (Å²) in [4.78, 5) is 58.8. The summed E-state index contributed by atoms with van der Waals surface area (Å²) in [6.45, 7) is 6.39. The lowest BCUT2D eigenvalue weighted by Crippen LogP contribution is -2.53. The maximum Gasteiger partial charge on any atom is 0.265 e. The van der Waals surface area contributed by atoms with Gasteiger partial charge in [0.15, 0.2) is 0 Å². The molecular formula is C36H39N7O4S. The summed E-state index contributed by atoms with van der Waals surface area (Å²) in [6, 6.07) is 15.5. The molecule has 4 aromatic heterocycles. The van der Waals surface area contributed by atoms with Crippen molar-refractivity contribution in [3.8, 4) is 10.6 Å². The Hall–Kier alpha value is -4.68. The predicted octanol–water partition coefficient (Wildman–Crippen LogP) is 4.34. The van der Waals surface area contributed by atoms with E-state index in [-0.39, 0.29) is 35.8 Å². The van der Waals surface area contributed by atoms with E-state index >= 15 is 0 Å². The molecule has 2 saturated heterocycles. The van der Waals surface area contributed by atoms with Crippen LogP contribution in [0.5, 0.6) is 0 Å². The number of hydrogen-bond donors (Lipinski definition) is 1. The van der Waals surface area contributed by atoms with E-state index in [1.54, 1.807) is 18.5 Å². The fourth-order valence-corrected chi connectivity index (χ4v) is 8.19. The molecule has 2 fully saturated rings. The third kappa shape index (κ3) is 6.06. The van der Waals surface area contributed by atoms with Gasteiger partial charge in [0.2, 0.25) is 5.91 Å². The summed E-state index contributed by atoms with van der Waals surface area (Å²) < 4.78 is 3.41. The second-order valence-electron chi connectivity index (χ2n) is 12.9. The quantitative estimate of drug-likeness (QED) is 0.274. The van der Waals surface area contributed by atoms with Crippen LogP contribution in [0.4, 0.5) is 0 Å². The Morgan fingerprint density at radius 1 is 1.00 bits per heavy atom. The second-order valence-corrected chi connectivity index (χ2v) is 13.9. The Bertz CT molecular complexity index is 2000.